The number of carboxylic acids is 1. The molecule has 0 aliphatic carbocycles. The summed E-state index contributed by atoms with van der Waals surface area (Å²) >= 11 is 7.32. The van der Waals surface area contributed by atoms with Gasteiger partial charge in [0.15, 0.2) is 0 Å². The standard InChI is InChI=1S/C17H20ClNO2S/c18-14-6-1-4-13(12-14)5-2-10-19-11-3-7-15-8-9-16(22-15)17(20)21/h1,4,6,8-9,12,19H,2-3,5,7,10-11H2,(H,20,21). The summed E-state index contributed by atoms with van der Waals surface area (Å²) in [4.78, 5) is 12.3. The van der Waals surface area contributed by atoms with E-state index in [1.165, 1.54) is 16.9 Å². The molecule has 0 spiro atoms. The van der Waals surface area contributed by atoms with Crippen LogP contribution in [0.2, 0.25) is 5.02 Å². The van der Waals surface area contributed by atoms with E-state index >= 15 is 0 Å². The van der Waals surface area contributed by atoms with Gasteiger partial charge in [0, 0.05) is 9.90 Å². The quantitative estimate of drug-likeness (QED) is 0.672. The van der Waals surface area contributed by atoms with Crippen LogP contribution in [0.25, 0.3) is 0 Å². The highest BCUT2D eigenvalue weighted by molar-refractivity contribution is 7.13. The van der Waals surface area contributed by atoms with Crippen LogP contribution in [0.4, 0.5) is 0 Å². The Morgan fingerprint density at radius 1 is 1.14 bits per heavy atom. The fourth-order valence-electron chi connectivity index (χ4n) is 2.25. The molecule has 1 aromatic carbocycles. The van der Waals surface area contributed by atoms with Crippen molar-refractivity contribution in [3.8, 4) is 0 Å². The van der Waals surface area contributed by atoms with Crippen molar-refractivity contribution in [3.63, 3.8) is 0 Å². The van der Waals surface area contributed by atoms with Gasteiger partial charge in [-0.25, -0.2) is 4.79 Å². The molecule has 0 fully saturated rings. The SMILES string of the molecule is O=C(O)c1ccc(CCCNCCCc2cccc(Cl)c2)s1. The largest absolute Gasteiger partial charge is 0.477 e. The molecule has 2 rings (SSSR count). The van der Waals surface area contributed by atoms with Crippen molar-refractivity contribution in [3.05, 3.63) is 56.7 Å². The number of carboxylic acid groups (broad SMARTS) is 1. The molecule has 0 bridgehead atoms. The van der Waals surface area contributed by atoms with Crippen molar-refractivity contribution in [1.29, 1.82) is 0 Å². The van der Waals surface area contributed by atoms with Crippen molar-refractivity contribution in [2.24, 2.45) is 0 Å². The van der Waals surface area contributed by atoms with Gasteiger partial charge >= 0.3 is 5.97 Å². The fraction of sp³-hybridized carbons (Fsp3) is 0.353. The van der Waals surface area contributed by atoms with Gasteiger partial charge in [-0.15, -0.1) is 11.3 Å². The van der Waals surface area contributed by atoms with E-state index in [1.54, 1.807) is 6.07 Å². The molecule has 0 radical (unpaired) electrons. The summed E-state index contributed by atoms with van der Waals surface area (Å²) in [6.45, 7) is 1.94. The highest BCUT2D eigenvalue weighted by Gasteiger charge is 2.06. The molecule has 0 saturated carbocycles. The van der Waals surface area contributed by atoms with E-state index < -0.39 is 5.97 Å². The summed E-state index contributed by atoms with van der Waals surface area (Å²) in [5.41, 5.74) is 1.27. The first kappa shape index (κ1) is 17.0. The second kappa shape index (κ2) is 8.93. The van der Waals surface area contributed by atoms with Gasteiger partial charge in [0.1, 0.15) is 4.88 Å². The Balaban J connectivity index is 1.55. The predicted octanol–water partition coefficient (Wildman–Crippen LogP) is 4.25. The minimum Gasteiger partial charge on any atom is -0.477 e. The molecule has 2 aromatic rings. The molecule has 5 heteroatoms. The van der Waals surface area contributed by atoms with Crippen LogP contribution in [0, 0.1) is 0 Å². The van der Waals surface area contributed by atoms with Crippen LogP contribution in [0.1, 0.15) is 33.0 Å². The Bertz CT molecular complexity index is 612. The number of hydrogen-bond acceptors (Lipinski definition) is 3. The van der Waals surface area contributed by atoms with E-state index in [2.05, 4.69) is 11.4 Å². The zero-order valence-corrected chi connectivity index (χ0v) is 13.9. The van der Waals surface area contributed by atoms with Gasteiger partial charge in [0.05, 0.1) is 0 Å². The van der Waals surface area contributed by atoms with Crippen LogP contribution < -0.4 is 5.32 Å². The molecule has 2 N–H and O–H groups in total. The van der Waals surface area contributed by atoms with Crippen LogP contribution in [0.15, 0.2) is 36.4 Å². The molecule has 0 amide bonds. The zero-order valence-electron chi connectivity index (χ0n) is 12.3. The molecule has 118 valence electrons. The van der Waals surface area contributed by atoms with Crippen molar-refractivity contribution in [1.82, 2.24) is 5.32 Å². The molecule has 0 aliphatic rings. The molecule has 3 nitrogen and oxygen atoms in total. The number of halogens is 1. The normalized spacial score (nSPS) is 10.8. The molecule has 0 unspecified atom stereocenters. The van der Waals surface area contributed by atoms with E-state index in [4.69, 9.17) is 16.7 Å². The average Bonchev–Trinajstić information content (AvgIpc) is 2.95. The van der Waals surface area contributed by atoms with Crippen LogP contribution in [-0.4, -0.2) is 24.2 Å². The minimum absolute atomic E-state index is 0.421. The minimum atomic E-state index is -0.838. The molecular formula is C17H20ClNO2S. The second-order valence-electron chi connectivity index (χ2n) is 5.16. The van der Waals surface area contributed by atoms with Crippen molar-refractivity contribution >= 4 is 28.9 Å². The van der Waals surface area contributed by atoms with Crippen LogP contribution in [0.5, 0.6) is 0 Å². The number of aromatic carboxylic acids is 1. The number of aryl methyl sites for hydroxylation is 2. The highest BCUT2D eigenvalue weighted by Crippen LogP contribution is 2.17. The van der Waals surface area contributed by atoms with Crippen molar-refractivity contribution in [2.45, 2.75) is 25.7 Å². The summed E-state index contributed by atoms with van der Waals surface area (Å²) in [6.07, 6.45) is 4.07. The van der Waals surface area contributed by atoms with Crippen LogP contribution in [-0.2, 0) is 12.8 Å². The number of benzene rings is 1. The highest BCUT2D eigenvalue weighted by atomic mass is 35.5. The van der Waals surface area contributed by atoms with Crippen molar-refractivity contribution < 1.29 is 9.90 Å². The first-order valence-corrected chi connectivity index (χ1v) is 8.62. The third-order valence-electron chi connectivity index (χ3n) is 3.36. The van der Waals surface area contributed by atoms with E-state index in [0.717, 1.165) is 48.7 Å². The number of thiophene rings is 1. The third-order valence-corrected chi connectivity index (χ3v) is 4.73. The smallest absolute Gasteiger partial charge is 0.345 e. The molecule has 1 heterocycles. The molecule has 0 atom stereocenters. The van der Waals surface area contributed by atoms with Gasteiger partial charge in [-0.05, 0) is 68.6 Å². The lowest BCUT2D eigenvalue weighted by Crippen LogP contribution is -2.17. The monoisotopic (exact) mass is 337 g/mol. The van der Waals surface area contributed by atoms with Gasteiger partial charge in [0.2, 0.25) is 0 Å². The number of nitrogens with one attached hydrogen (secondary N) is 1. The molecule has 1 aromatic heterocycles. The summed E-state index contributed by atoms with van der Waals surface area (Å²) in [7, 11) is 0. The lowest BCUT2D eigenvalue weighted by molar-refractivity contribution is 0.0702. The topological polar surface area (TPSA) is 49.3 Å². The maximum absolute atomic E-state index is 10.8. The van der Waals surface area contributed by atoms with Crippen LogP contribution in [0.3, 0.4) is 0 Å². The Morgan fingerprint density at radius 3 is 2.59 bits per heavy atom. The van der Waals surface area contributed by atoms with Gasteiger partial charge in [-0.2, -0.15) is 0 Å². The summed E-state index contributed by atoms with van der Waals surface area (Å²) in [6, 6.07) is 11.6. The van der Waals surface area contributed by atoms with Crippen molar-refractivity contribution in [2.75, 3.05) is 13.1 Å². The van der Waals surface area contributed by atoms with Gasteiger partial charge in [-0.1, -0.05) is 23.7 Å². The molecule has 22 heavy (non-hydrogen) atoms. The van der Waals surface area contributed by atoms with Crippen LogP contribution >= 0.6 is 22.9 Å². The zero-order chi connectivity index (χ0) is 15.8. The lowest BCUT2D eigenvalue weighted by atomic mass is 10.1. The predicted molar refractivity (Wildman–Crippen MR) is 92.2 cm³/mol. The first-order valence-electron chi connectivity index (χ1n) is 7.42. The molecular weight excluding hydrogens is 318 g/mol. The van der Waals surface area contributed by atoms with E-state index in [-0.39, 0.29) is 0 Å². The Hall–Kier alpha value is -1.36. The average molecular weight is 338 g/mol. The Kier molecular flexibility index (Phi) is 6.90. The third kappa shape index (κ3) is 5.79. The number of carbonyl (C=O) groups is 1. The molecule has 0 saturated heterocycles. The second-order valence-corrected chi connectivity index (χ2v) is 6.76. The van der Waals surface area contributed by atoms with E-state index in [9.17, 15) is 4.79 Å². The number of rotatable bonds is 9. The molecule has 0 aliphatic heterocycles. The van der Waals surface area contributed by atoms with Gasteiger partial charge < -0.3 is 10.4 Å². The summed E-state index contributed by atoms with van der Waals surface area (Å²) < 4.78 is 0. The Morgan fingerprint density at radius 2 is 1.91 bits per heavy atom. The maximum Gasteiger partial charge on any atom is 0.345 e. The first-order chi connectivity index (χ1) is 10.6. The van der Waals surface area contributed by atoms with E-state index in [1.807, 2.05) is 24.3 Å². The van der Waals surface area contributed by atoms with Gasteiger partial charge in [0.25, 0.3) is 0 Å². The van der Waals surface area contributed by atoms with E-state index in [0.29, 0.717) is 4.88 Å². The fourth-order valence-corrected chi connectivity index (χ4v) is 3.35. The summed E-state index contributed by atoms with van der Waals surface area (Å²) in [5, 5.41) is 13.1. The number of hydrogen-bond donors (Lipinski definition) is 2. The Labute approximate surface area is 139 Å². The lowest BCUT2D eigenvalue weighted by Gasteiger charge is -2.05. The van der Waals surface area contributed by atoms with Gasteiger partial charge in [-0.3, -0.25) is 0 Å². The summed E-state index contributed by atoms with van der Waals surface area (Å²) in [5.74, 6) is -0.838. The maximum atomic E-state index is 10.8.